The molecule has 0 spiro atoms. The SMILES string of the molecule is COc1cc(C=CC(=O)N2CCC(c3nc4ccccc4[nH]3)CC2)cc(OC)c1OC. The maximum Gasteiger partial charge on any atom is 0.246 e. The van der Waals surface area contributed by atoms with E-state index in [1.54, 1.807) is 33.5 Å². The summed E-state index contributed by atoms with van der Waals surface area (Å²) in [5.74, 6) is 3.00. The minimum atomic E-state index is -0.00296. The molecule has 0 bridgehead atoms. The molecule has 1 saturated heterocycles. The third-order valence-electron chi connectivity index (χ3n) is 5.71. The number of fused-ring (bicyclic) bond motifs is 1. The number of likely N-dealkylation sites (tertiary alicyclic amines) is 1. The number of para-hydroxylation sites is 2. The number of hydrogen-bond donors (Lipinski definition) is 1. The second-order valence-electron chi connectivity index (χ2n) is 7.53. The average Bonchev–Trinajstić information content (AvgIpc) is 3.26. The Morgan fingerprint density at radius 3 is 2.35 bits per heavy atom. The smallest absolute Gasteiger partial charge is 0.246 e. The molecule has 1 aromatic heterocycles. The van der Waals surface area contributed by atoms with E-state index in [-0.39, 0.29) is 5.91 Å². The van der Waals surface area contributed by atoms with Crippen LogP contribution in [0, 0.1) is 0 Å². The first-order valence-electron chi connectivity index (χ1n) is 10.3. The number of amides is 1. The fraction of sp³-hybridized carbons (Fsp3) is 0.333. The molecule has 3 aromatic rings. The molecule has 0 saturated carbocycles. The van der Waals surface area contributed by atoms with Crippen molar-refractivity contribution in [3.05, 3.63) is 53.9 Å². The van der Waals surface area contributed by atoms with Crippen molar-refractivity contribution in [3.63, 3.8) is 0 Å². The van der Waals surface area contributed by atoms with Crippen molar-refractivity contribution in [3.8, 4) is 17.2 Å². The predicted molar refractivity (Wildman–Crippen MR) is 120 cm³/mol. The van der Waals surface area contributed by atoms with Gasteiger partial charge in [-0.1, -0.05) is 12.1 Å². The lowest BCUT2D eigenvalue weighted by Crippen LogP contribution is -2.37. The van der Waals surface area contributed by atoms with Crippen molar-refractivity contribution in [2.75, 3.05) is 34.4 Å². The van der Waals surface area contributed by atoms with Gasteiger partial charge in [-0.3, -0.25) is 4.79 Å². The number of rotatable bonds is 6. The number of methoxy groups -OCH3 is 3. The van der Waals surface area contributed by atoms with Gasteiger partial charge < -0.3 is 24.1 Å². The van der Waals surface area contributed by atoms with Gasteiger partial charge in [0.05, 0.1) is 32.4 Å². The molecule has 2 heterocycles. The van der Waals surface area contributed by atoms with E-state index in [1.807, 2.05) is 41.3 Å². The van der Waals surface area contributed by atoms with Crippen LogP contribution in [0.25, 0.3) is 17.1 Å². The highest BCUT2D eigenvalue weighted by molar-refractivity contribution is 5.92. The van der Waals surface area contributed by atoms with Crippen LogP contribution in [0.1, 0.15) is 30.1 Å². The summed E-state index contributed by atoms with van der Waals surface area (Å²) in [6.07, 6.45) is 5.16. The largest absolute Gasteiger partial charge is 0.493 e. The van der Waals surface area contributed by atoms with Gasteiger partial charge in [0.25, 0.3) is 0 Å². The number of ether oxygens (including phenoxy) is 3. The van der Waals surface area contributed by atoms with Crippen LogP contribution in [0.15, 0.2) is 42.5 Å². The fourth-order valence-corrected chi connectivity index (χ4v) is 4.01. The molecule has 1 fully saturated rings. The number of aromatic amines is 1. The third kappa shape index (κ3) is 4.35. The highest BCUT2D eigenvalue weighted by atomic mass is 16.5. The van der Waals surface area contributed by atoms with Crippen molar-refractivity contribution in [2.24, 2.45) is 0 Å². The van der Waals surface area contributed by atoms with Crippen LogP contribution in [0.3, 0.4) is 0 Å². The lowest BCUT2D eigenvalue weighted by molar-refractivity contribution is -0.127. The molecule has 0 aliphatic carbocycles. The quantitative estimate of drug-likeness (QED) is 0.609. The van der Waals surface area contributed by atoms with E-state index < -0.39 is 0 Å². The number of nitrogens with one attached hydrogen (secondary N) is 1. The zero-order chi connectivity index (χ0) is 21.8. The van der Waals surface area contributed by atoms with Crippen LogP contribution in [-0.4, -0.2) is 55.2 Å². The molecule has 1 aliphatic rings. The van der Waals surface area contributed by atoms with Gasteiger partial charge in [0, 0.05) is 25.1 Å². The van der Waals surface area contributed by atoms with Gasteiger partial charge in [-0.25, -0.2) is 4.98 Å². The van der Waals surface area contributed by atoms with Crippen molar-refractivity contribution in [1.29, 1.82) is 0 Å². The van der Waals surface area contributed by atoms with Gasteiger partial charge in [-0.05, 0) is 48.7 Å². The summed E-state index contributed by atoms with van der Waals surface area (Å²) in [5, 5.41) is 0. The van der Waals surface area contributed by atoms with Gasteiger partial charge in [0.2, 0.25) is 11.7 Å². The first-order chi connectivity index (χ1) is 15.1. The van der Waals surface area contributed by atoms with Crippen LogP contribution >= 0.6 is 0 Å². The van der Waals surface area contributed by atoms with Gasteiger partial charge in [-0.15, -0.1) is 0 Å². The molecule has 7 nitrogen and oxygen atoms in total. The highest BCUT2D eigenvalue weighted by Crippen LogP contribution is 2.38. The molecule has 1 N–H and O–H groups in total. The number of aromatic nitrogens is 2. The maximum absolute atomic E-state index is 12.7. The fourth-order valence-electron chi connectivity index (χ4n) is 4.01. The Balaban J connectivity index is 1.40. The number of nitrogens with zero attached hydrogens (tertiary/aromatic N) is 2. The zero-order valence-electron chi connectivity index (χ0n) is 18.1. The number of imidazole rings is 1. The van der Waals surface area contributed by atoms with Crippen molar-refractivity contribution in [2.45, 2.75) is 18.8 Å². The minimum absolute atomic E-state index is 0.00296. The van der Waals surface area contributed by atoms with Crippen LogP contribution in [0.5, 0.6) is 17.2 Å². The lowest BCUT2D eigenvalue weighted by atomic mass is 9.96. The van der Waals surface area contributed by atoms with E-state index in [9.17, 15) is 4.79 Å². The van der Waals surface area contributed by atoms with Crippen LogP contribution < -0.4 is 14.2 Å². The normalized spacial score (nSPS) is 14.9. The summed E-state index contributed by atoms with van der Waals surface area (Å²) < 4.78 is 16.1. The Morgan fingerprint density at radius 1 is 1.06 bits per heavy atom. The van der Waals surface area contributed by atoms with Gasteiger partial charge in [0.1, 0.15) is 5.82 Å². The number of hydrogen-bond acceptors (Lipinski definition) is 5. The molecule has 0 atom stereocenters. The minimum Gasteiger partial charge on any atom is -0.493 e. The first kappa shape index (κ1) is 20.8. The number of H-pyrrole nitrogens is 1. The third-order valence-corrected chi connectivity index (χ3v) is 5.71. The maximum atomic E-state index is 12.7. The monoisotopic (exact) mass is 421 g/mol. The van der Waals surface area contributed by atoms with E-state index in [2.05, 4.69) is 4.98 Å². The zero-order valence-corrected chi connectivity index (χ0v) is 18.1. The van der Waals surface area contributed by atoms with Crippen molar-refractivity contribution in [1.82, 2.24) is 14.9 Å². The Hall–Kier alpha value is -3.48. The molecule has 0 unspecified atom stereocenters. The van der Waals surface area contributed by atoms with Gasteiger partial charge in [-0.2, -0.15) is 0 Å². The van der Waals surface area contributed by atoms with Crippen molar-refractivity contribution >= 4 is 23.0 Å². The molecule has 7 heteroatoms. The lowest BCUT2D eigenvalue weighted by Gasteiger charge is -2.30. The van der Waals surface area contributed by atoms with E-state index >= 15 is 0 Å². The standard InChI is InChI=1S/C24H27N3O4/c1-29-20-14-16(15-21(30-2)23(20)31-3)8-9-22(28)27-12-10-17(11-13-27)24-25-18-6-4-5-7-19(18)26-24/h4-9,14-15,17H,10-13H2,1-3H3,(H,25,26). The Kier molecular flexibility index (Phi) is 6.11. The number of piperidine rings is 1. The number of benzene rings is 2. The first-order valence-corrected chi connectivity index (χ1v) is 10.3. The van der Waals surface area contributed by atoms with E-state index in [0.717, 1.165) is 35.3 Å². The molecule has 4 rings (SSSR count). The second kappa shape index (κ2) is 9.12. The molecular formula is C24H27N3O4. The molecule has 0 radical (unpaired) electrons. The van der Waals surface area contributed by atoms with Crippen molar-refractivity contribution < 1.29 is 19.0 Å². The summed E-state index contributed by atoms with van der Waals surface area (Å²) in [6, 6.07) is 11.7. The molecule has 2 aromatic carbocycles. The molecular weight excluding hydrogens is 394 g/mol. The molecule has 162 valence electrons. The predicted octanol–water partition coefficient (Wildman–Crippen LogP) is 4.01. The van der Waals surface area contributed by atoms with E-state index in [0.29, 0.717) is 36.3 Å². The number of carbonyl (C=O) groups excluding carboxylic acids is 1. The summed E-state index contributed by atoms with van der Waals surface area (Å²) in [5.41, 5.74) is 2.86. The van der Waals surface area contributed by atoms with E-state index in [4.69, 9.17) is 19.2 Å². The highest BCUT2D eigenvalue weighted by Gasteiger charge is 2.25. The van der Waals surface area contributed by atoms with Gasteiger partial charge >= 0.3 is 0 Å². The summed E-state index contributed by atoms with van der Waals surface area (Å²) in [6.45, 7) is 1.42. The molecule has 31 heavy (non-hydrogen) atoms. The van der Waals surface area contributed by atoms with E-state index in [1.165, 1.54) is 0 Å². The Bertz CT molecular complexity index is 1040. The van der Waals surface area contributed by atoms with Crippen LogP contribution in [-0.2, 0) is 4.79 Å². The Morgan fingerprint density at radius 2 is 1.74 bits per heavy atom. The summed E-state index contributed by atoms with van der Waals surface area (Å²) in [4.78, 5) is 22.7. The summed E-state index contributed by atoms with van der Waals surface area (Å²) in [7, 11) is 4.71. The Labute approximate surface area is 181 Å². The van der Waals surface area contributed by atoms with Crippen LogP contribution in [0.4, 0.5) is 0 Å². The summed E-state index contributed by atoms with van der Waals surface area (Å²) >= 11 is 0. The van der Waals surface area contributed by atoms with Gasteiger partial charge in [0.15, 0.2) is 11.5 Å². The molecule has 1 aliphatic heterocycles. The topological polar surface area (TPSA) is 76.7 Å². The second-order valence-corrected chi connectivity index (χ2v) is 7.53. The van der Waals surface area contributed by atoms with Crippen LogP contribution in [0.2, 0.25) is 0 Å². The number of carbonyl (C=O) groups is 1. The average molecular weight is 421 g/mol. The molecule has 1 amide bonds.